The molecule has 0 unspecified atom stereocenters. The van der Waals surface area contributed by atoms with Crippen LogP contribution in [0, 0.1) is 5.82 Å². The summed E-state index contributed by atoms with van der Waals surface area (Å²) >= 11 is 0. The van der Waals surface area contributed by atoms with Gasteiger partial charge < -0.3 is 28.4 Å². The van der Waals surface area contributed by atoms with E-state index in [4.69, 9.17) is 28.4 Å². The molecule has 91 heavy (non-hydrogen) atoms. The molecule has 0 fully saturated rings. The second-order valence-corrected chi connectivity index (χ2v) is 22.9. The van der Waals surface area contributed by atoms with Gasteiger partial charge in [-0.3, -0.25) is 15.0 Å². The highest BCUT2D eigenvalue weighted by molar-refractivity contribution is 5.92. The maximum absolute atomic E-state index is 15.3. The highest BCUT2D eigenvalue weighted by Crippen LogP contribution is 2.39. The Labute approximate surface area is 539 Å². The summed E-state index contributed by atoms with van der Waals surface area (Å²) in [6.45, 7) is 5.62. The third-order valence-electron chi connectivity index (χ3n) is 15.5. The number of hydrogen-bond acceptors (Lipinski definition) is 12. The first kappa shape index (κ1) is 69.8. The molecule has 0 bridgehead atoms. The van der Waals surface area contributed by atoms with E-state index in [9.17, 15) is 14.4 Å². The van der Waals surface area contributed by atoms with Crippen molar-refractivity contribution in [3.63, 3.8) is 0 Å². The van der Waals surface area contributed by atoms with Crippen LogP contribution in [0.25, 0.3) is 0 Å². The fraction of sp³-hybridized carbons (Fsp3) is 0.385. The van der Waals surface area contributed by atoms with Crippen molar-refractivity contribution >= 4 is 53.6 Å². The molecule has 0 aliphatic rings. The van der Waals surface area contributed by atoms with Gasteiger partial charge in [0.15, 0.2) is 11.5 Å². The van der Waals surface area contributed by atoms with Crippen LogP contribution in [0.4, 0.5) is 21.5 Å². The maximum atomic E-state index is 15.3. The molecule has 7 aromatic rings. The second kappa shape index (κ2) is 40.8. The smallest absolute Gasteiger partial charge is 0.338 e. The van der Waals surface area contributed by atoms with Crippen molar-refractivity contribution in [1.82, 2.24) is 0 Å². The largest absolute Gasteiger partial charge is 0.486 e. The molecular weight excluding hydrogens is 1140 g/mol. The van der Waals surface area contributed by atoms with Crippen molar-refractivity contribution in [1.29, 1.82) is 0 Å². The van der Waals surface area contributed by atoms with Crippen molar-refractivity contribution in [2.75, 3.05) is 39.6 Å². The van der Waals surface area contributed by atoms with Gasteiger partial charge in [0, 0.05) is 30.8 Å². The normalized spacial score (nSPS) is 11.4. The quantitative estimate of drug-likeness (QED) is 0.0158. The molecule has 0 heterocycles. The molecule has 13 heteroatoms. The molecule has 0 aromatic heterocycles. The van der Waals surface area contributed by atoms with Crippen LogP contribution in [-0.2, 0) is 33.5 Å². The third kappa shape index (κ3) is 26.3. The lowest BCUT2D eigenvalue weighted by Crippen LogP contribution is -2.16. The van der Waals surface area contributed by atoms with Gasteiger partial charge in [-0.05, 0) is 145 Å². The lowest BCUT2D eigenvalue weighted by atomic mass is 10.0. The van der Waals surface area contributed by atoms with Crippen molar-refractivity contribution in [3.05, 3.63) is 214 Å². The fourth-order valence-electron chi connectivity index (χ4n) is 10.1. The topological polar surface area (TPSA) is 144 Å². The van der Waals surface area contributed by atoms with Crippen LogP contribution in [0.15, 0.2) is 173 Å². The fourth-order valence-corrected chi connectivity index (χ4v) is 10.1. The second-order valence-electron chi connectivity index (χ2n) is 22.9. The van der Waals surface area contributed by atoms with Crippen LogP contribution < -0.4 is 14.2 Å². The molecular formula is C78H92FN3O9. The Morgan fingerprint density at radius 3 is 0.912 bits per heavy atom. The summed E-state index contributed by atoms with van der Waals surface area (Å²) in [6, 6.07) is 47.8. The summed E-state index contributed by atoms with van der Waals surface area (Å²) < 4.78 is 50.0. The molecule has 0 saturated carbocycles. The summed E-state index contributed by atoms with van der Waals surface area (Å²) in [5.74, 6) is -2.57. The molecule has 7 aromatic carbocycles. The highest BCUT2D eigenvalue weighted by Gasteiger charge is 2.19. The van der Waals surface area contributed by atoms with Gasteiger partial charge in [-0.2, -0.15) is 0 Å². The van der Waals surface area contributed by atoms with Gasteiger partial charge in [0.1, 0.15) is 45.5 Å². The molecule has 0 aliphatic heterocycles. The van der Waals surface area contributed by atoms with Crippen LogP contribution in [0.2, 0.25) is 0 Å². The Hall–Kier alpha value is -8.71. The number of carbonyl (C=O) groups is 3. The molecule has 0 atom stereocenters. The number of carbonyl (C=O) groups excluding carboxylic acids is 3. The van der Waals surface area contributed by atoms with E-state index in [1.54, 1.807) is 91.4 Å². The summed E-state index contributed by atoms with van der Waals surface area (Å²) in [6.07, 6.45) is 31.2. The van der Waals surface area contributed by atoms with Gasteiger partial charge in [0.25, 0.3) is 0 Å². The van der Waals surface area contributed by atoms with Crippen molar-refractivity contribution in [2.24, 2.45) is 15.0 Å². The number of esters is 3. The number of halogens is 1. The highest BCUT2D eigenvalue weighted by atomic mass is 19.1. The number of hydrogen-bond donors (Lipinski definition) is 0. The average Bonchev–Trinajstić information content (AvgIpc) is 3.77. The molecule has 0 aliphatic carbocycles. The first-order valence-electron chi connectivity index (χ1n) is 33.1. The zero-order chi connectivity index (χ0) is 63.9. The van der Waals surface area contributed by atoms with Crippen LogP contribution >= 0.6 is 0 Å². The molecule has 0 spiro atoms. The Balaban J connectivity index is 0.899. The SMILES string of the molecule is CCCCCCCCc1ccc(N=Cc2ccc(C(=O)OCCOc3cc(F)cc(OCCOC(=O)c4ccc(C=Nc5ccc(CCCCCCCC)cc5)cc4)c3OCCOC(=O)c3ccc(C=Nc4ccc(CCCCCCCC)cc4)cc3)cc2)cc1. The Morgan fingerprint density at radius 2 is 0.615 bits per heavy atom. The van der Waals surface area contributed by atoms with Gasteiger partial charge in [0.05, 0.1) is 33.8 Å². The minimum absolute atomic E-state index is 0.00564. The summed E-state index contributed by atoms with van der Waals surface area (Å²) in [4.78, 5) is 53.2. The lowest BCUT2D eigenvalue weighted by molar-refractivity contribution is 0.0415. The molecule has 0 amide bonds. The van der Waals surface area contributed by atoms with E-state index in [1.807, 2.05) is 36.4 Å². The van der Waals surface area contributed by atoms with Crippen molar-refractivity contribution in [2.45, 2.75) is 156 Å². The Bertz CT molecular complexity index is 3170. The van der Waals surface area contributed by atoms with E-state index in [1.165, 1.54) is 132 Å². The molecule has 0 saturated heterocycles. The van der Waals surface area contributed by atoms with Crippen LogP contribution in [-0.4, -0.2) is 76.2 Å². The predicted octanol–water partition coefficient (Wildman–Crippen LogP) is 19.5. The molecule has 12 nitrogen and oxygen atoms in total. The molecule has 7 rings (SSSR count). The van der Waals surface area contributed by atoms with Crippen molar-refractivity contribution < 1.29 is 47.2 Å². The minimum Gasteiger partial charge on any atom is -0.486 e. The van der Waals surface area contributed by atoms with E-state index in [2.05, 4.69) is 72.1 Å². The minimum atomic E-state index is -0.712. The monoisotopic (exact) mass is 1230 g/mol. The van der Waals surface area contributed by atoms with E-state index in [-0.39, 0.29) is 56.9 Å². The first-order valence-corrected chi connectivity index (χ1v) is 33.1. The molecule has 0 N–H and O–H groups in total. The maximum Gasteiger partial charge on any atom is 0.338 e. The van der Waals surface area contributed by atoms with E-state index >= 15 is 4.39 Å². The first-order chi connectivity index (χ1) is 44.7. The number of benzene rings is 7. The van der Waals surface area contributed by atoms with Crippen LogP contribution in [0.1, 0.15) is 201 Å². The zero-order valence-corrected chi connectivity index (χ0v) is 53.7. The molecule has 480 valence electrons. The Morgan fingerprint density at radius 1 is 0.341 bits per heavy atom. The van der Waals surface area contributed by atoms with Crippen LogP contribution in [0.3, 0.4) is 0 Å². The number of aliphatic imine (C=N–C) groups is 3. The van der Waals surface area contributed by atoms with Crippen LogP contribution in [0.5, 0.6) is 17.2 Å². The number of rotatable bonds is 42. The van der Waals surface area contributed by atoms with Gasteiger partial charge in [-0.1, -0.05) is 190 Å². The van der Waals surface area contributed by atoms with E-state index < -0.39 is 23.7 Å². The molecule has 0 radical (unpaired) electrons. The van der Waals surface area contributed by atoms with Gasteiger partial charge >= 0.3 is 17.9 Å². The third-order valence-corrected chi connectivity index (χ3v) is 15.5. The summed E-state index contributed by atoms with van der Waals surface area (Å²) in [5.41, 5.74) is 9.87. The summed E-state index contributed by atoms with van der Waals surface area (Å²) in [7, 11) is 0. The van der Waals surface area contributed by atoms with Crippen molar-refractivity contribution in [3.8, 4) is 17.2 Å². The number of unbranched alkanes of at least 4 members (excludes halogenated alkanes) is 15. The summed E-state index contributed by atoms with van der Waals surface area (Å²) in [5, 5.41) is 0. The zero-order valence-electron chi connectivity index (χ0n) is 53.7. The predicted molar refractivity (Wildman–Crippen MR) is 365 cm³/mol. The van der Waals surface area contributed by atoms with E-state index in [0.29, 0.717) is 16.7 Å². The lowest BCUT2D eigenvalue weighted by Gasteiger charge is -2.17. The number of aryl methyl sites for hydroxylation is 3. The van der Waals surface area contributed by atoms with Gasteiger partial charge in [-0.25, -0.2) is 18.8 Å². The number of nitrogens with zero attached hydrogens (tertiary/aromatic N) is 3. The average molecular weight is 1230 g/mol. The van der Waals surface area contributed by atoms with Gasteiger partial charge in [-0.15, -0.1) is 0 Å². The van der Waals surface area contributed by atoms with E-state index in [0.717, 1.165) is 65.1 Å². The number of ether oxygens (including phenoxy) is 6. The van der Waals surface area contributed by atoms with Gasteiger partial charge in [0.2, 0.25) is 5.75 Å². The Kier molecular flexibility index (Phi) is 31.3. The standard InChI is InChI=1S/C78H92FN3O9/c1-4-7-10-13-16-19-22-60-31-43-70(44-32-60)80-57-63-25-37-66(38-26-63)76(83)89-52-49-86-73-55-69(79)56-74(87-50-53-90-77(84)67-39-27-64(28-40-67)58-81-71-45-33-61(34-46-71)23-20-17-14-11-8-5-2)75(73)88-51-54-91-78(85)68-41-29-65(30-42-68)59-82-72-47-35-62(36-48-72)24-21-18-15-12-9-6-3/h25-48,55-59H,4-24,49-54H2,1-3H3.